The minimum atomic E-state index is -0.0965. The van der Waals surface area contributed by atoms with Crippen molar-refractivity contribution in [2.75, 3.05) is 19.6 Å². The molecule has 1 aliphatic carbocycles. The second-order valence-electron chi connectivity index (χ2n) is 5.30. The first kappa shape index (κ1) is 11.6. The number of allylic oxidation sites excluding steroid dienone is 2. The number of hydrogen-bond donors (Lipinski definition) is 2. The van der Waals surface area contributed by atoms with Crippen molar-refractivity contribution >= 4 is 5.91 Å². The summed E-state index contributed by atoms with van der Waals surface area (Å²) in [5, 5.41) is 0. The van der Waals surface area contributed by atoms with E-state index < -0.39 is 0 Å². The van der Waals surface area contributed by atoms with Crippen LogP contribution >= 0.6 is 0 Å². The Labute approximate surface area is 97.7 Å². The van der Waals surface area contributed by atoms with E-state index in [1.54, 1.807) is 4.90 Å². The third-order valence-electron chi connectivity index (χ3n) is 3.98. The zero-order chi connectivity index (χ0) is 11.4. The number of amides is 1. The van der Waals surface area contributed by atoms with Crippen molar-refractivity contribution in [3.05, 3.63) is 12.2 Å². The summed E-state index contributed by atoms with van der Waals surface area (Å²) >= 11 is 0. The molecule has 1 amide bonds. The van der Waals surface area contributed by atoms with Crippen LogP contribution in [0, 0.1) is 11.8 Å². The summed E-state index contributed by atoms with van der Waals surface area (Å²) in [5.41, 5.74) is 5.40. The van der Waals surface area contributed by atoms with Gasteiger partial charge < -0.3 is 10.6 Å². The molecule has 0 spiro atoms. The van der Waals surface area contributed by atoms with Crippen LogP contribution < -0.4 is 10.6 Å². The molecule has 3 heteroatoms. The highest BCUT2D eigenvalue weighted by Crippen LogP contribution is 2.16. The van der Waals surface area contributed by atoms with E-state index in [2.05, 4.69) is 12.2 Å². The minimum absolute atomic E-state index is 0.0965. The molecule has 0 aromatic carbocycles. The molecule has 0 aromatic rings. The molecule has 1 unspecified atom stereocenters. The first-order valence-corrected chi connectivity index (χ1v) is 6.53. The van der Waals surface area contributed by atoms with Gasteiger partial charge >= 0.3 is 0 Å². The normalized spacial score (nSPS) is 34.9. The number of likely N-dealkylation sites (tertiary alicyclic amines) is 1. The average Bonchev–Trinajstić information content (AvgIpc) is 2.30. The Balaban J connectivity index is 1.80. The molecule has 3 nitrogen and oxygen atoms in total. The lowest BCUT2D eigenvalue weighted by atomic mass is 9.91. The van der Waals surface area contributed by atoms with Crippen LogP contribution in [0.3, 0.4) is 0 Å². The second-order valence-corrected chi connectivity index (χ2v) is 5.30. The van der Waals surface area contributed by atoms with E-state index in [0.29, 0.717) is 0 Å². The van der Waals surface area contributed by atoms with Crippen LogP contribution in [0.25, 0.3) is 0 Å². The summed E-state index contributed by atoms with van der Waals surface area (Å²) in [6.45, 7) is 3.42. The fraction of sp³-hybridized carbons (Fsp3) is 0.769. The van der Waals surface area contributed by atoms with Gasteiger partial charge in [-0.2, -0.15) is 0 Å². The van der Waals surface area contributed by atoms with E-state index in [0.717, 1.165) is 25.3 Å². The van der Waals surface area contributed by atoms with Crippen molar-refractivity contribution in [3.8, 4) is 0 Å². The first-order valence-electron chi connectivity index (χ1n) is 6.53. The molecule has 1 aliphatic heterocycles. The summed E-state index contributed by atoms with van der Waals surface area (Å²) in [4.78, 5) is 12.8. The lowest BCUT2D eigenvalue weighted by Crippen LogP contribution is -3.14. The molecule has 1 fully saturated rings. The monoisotopic (exact) mass is 223 g/mol. The second kappa shape index (κ2) is 5.48. The van der Waals surface area contributed by atoms with Crippen LogP contribution in [0.5, 0.6) is 0 Å². The Morgan fingerprint density at radius 1 is 1.38 bits per heavy atom. The van der Waals surface area contributed by atoms with Crippen LogP contribution in [0.4, 0.5) is 0 Å². The number of quaternary nitrogens is 1. The van der Waals surface area contributed by atoms with E-state index in [-0.39, 0.29) is 11.8 Å². The van der Waals surface area contributed by atoms with Crippen molar-refractivity contribution < 1.29 is 9.69 Å². The Kier molecular flexibility index (Phi) is 3.99. The van der Waals surface area contributed by atoms with E-state index >= 15 is 0 Å². The van der Waals surface area contributed by atoms with Crippen LogP contribution in [-0.4, -0.2) is 25.5 Å². The smallest absolute Gasteiger partial charge is 0.226 e. The number of rotatable bonds is 3. The molecule has 0 aromatic heterocycles. The molecule has 2 aliphatic rings. The van der Waals surface area contributed by atoms with Gasteiger partial charge in [-0.25, -0.2) is 0 Å². The van der Waals surface area contributed by atoms with Gasteiger partial charge in [-0.3, -0.25) is 4.79 Å². The molecule has 0 radical (unpaired) electrons. The molecule has 3 N–H and O–H groups in total. The molecule has 16 heavy (non-hydrogen) atoms. The molecular formula is C13H23N2O+. The molecule has 0 bridgehead atoms. The molecule has 1 saturated heterocycles. The number of piperidine rings is 1. The number of carbonyl (C=O) groups is 1. The number of primary amides is 1. The van der Waals surface area contributed by atoms with Crippen LogP contribution in [-0.2, 0) is 4.79 Å². The van der Waals surface area contributed by atoms with Gasteiger partial charge in [0.05, 0.1) is 25.6 Å². The predicted octanol–water partition coefficient (Wildman–Crippen LogP) is 0.123. The minimum Gasteiger partial charge on any atom is -0.369 e. The van der Waals surface area contributed by atoms with Gasteiger partial charge in [0.2, 0.25) is 5.91 Å². The number of nitrogens with two attached hydrogens (primary N) is 1. The zero-order valence-corrected chi connectivity index (χ0v) is 9.95. The number of carbonyl (C=O) groups excluding carboxylic acids is 1. The van der Waals surface area contributed by atoms with E-state index in [9.17, 15) is 4.79 Å². The van der Waals surface area contributed by atoms with Crippen LogP contribution in [0.2, 0.25) is 0 Å². The molecule has 3 atom stereocenters. The summed E-state index contributed by atoms with van der Waals surface area (Å²) in [6, 6.07) is 0. The Morgan fingerprint density at radius 2 is 2.25 bits per heavy atom. The van der Waals surface area contributed by atoms with Gasteiger partial charge in [0, 0.05) is 5.92 Å². The maximum atomic E-state index is 11.2. The lowest BCUT2D eigenvalue weighted by Gasteiger charge is -2.31. The fourth-order valence-electron chi connectivity index (χ4n) is 3.03. The first-order chi connectivity index (χ1) is 7.75. The largest absolute Gasteiger partial charge is 0.369 e. The van der Waals surface area contributed by atoms with Gasteiger partial charge in [0.15, 0.2) is 0 Å². The Bertz CT molecular complexity index is 275. The number of hydrogen-bond acceptors (Lipinski definition) is 1. The fourth-order valence-corrected chi connectivity index (χ4v) is 3.03. The van der Waals surface area contributed by atoms with Crippen molar-refractivity contribution in [3.63, 3.8) is 0 Å². The standard InChI is InChI=1S/C13H22N2O/c14-13(16)12-7-4-8-15(10-12)9-11-5-2-1-3-6-11/h1-2,11-12H,3-10H2,(H2,14,16)/p+1/t11-,12-/m0/s1. The van der Waals surface area contributed by atoms with Gasteiger partial charge in [-0.1, -0.05) is 12.2 Å². The molecule has 90 valence electrons. The quantitative estimate of drug-likeness (QED) is 0.656. The third kappa shape index (κ3) is 3.08. The van der Waals surface area contributed by atoms with Gasteiger partial charge in [-0.05, 0) is 32.1 Å². The van der Waals surface area contributed by atoms with E-state index in [4.69, 9.17) is 5.73 Å². The highest BCUT2D eigenvalue weighted by molar-refractivity contribution is 5.76. The van der Waals surface area contributed by atoms with E-state index in [1.165, 1.54) is 32.4 Å². The lowest BCUT2D eigenvalue weighted by molar-refractivity contribution is -0.910. The molecular weight excluding hydrogens is 200 g/mol. The predicted molar refractivity (Wildman–Crippen MR) is 64.0 cm³/mol. The zero-order valence-electron chi connectivity index (χ0n) is 9.95. The van der Waals surface area contributed by atoms with Gasteiger partial charge in [0.25, 0.3) is 0 Å². The highest BCUT2D eigenvalue weighted by atomic mass is 16.1. The van der Waals surface area contributed by atoms with Gasteiger partial charge in [-0.15, -0.1) is 0 Å². The maximum absolute atomic E-state index is 11.2. The van der Waals surface area contributed by atoms with Crippen molar-refractivity contribution in [2.24, 2.45) is 17.6 Å². The van der Waals surface area contributed by atoms with Crippen molar-refractivity contribution in [1.82, 2.24) is 0 Å². The molecule has 0 saturated carbocycles. The third-order valence-corrected chi connectivity index (χ3v) is 3.98. The van der Waals surface area contributed by atoms with Crippen LogP contribution in [0.1, 0.15) is 32.1 Å². The number of nitrogens with one attached hydrogen (secondary N) is 1. The van der Waals surface area contributed by atoms with E-state index in [1.807, 2.05) is 0 Å². The molecule has 1 heterocycles. The Hall–Kier alpha value is -0.830. The van der Waals surface area contributed by atoms with Crippen molar-refractivity contribution in [2.45, 2.75) is 32.1 Å². The summed E-state index contributed by atoms with van der Waals surface area (Å²) in [6.07, 6.45) is 10.5. The summed E-state index contributed by atoms with van der Waals surface area (Å²) in [5.74, 6) is 0.857. The van der Waals surface area contributed by atoms with Crippen LogP contribution in [0.15, 0.2) is 12.2 Å². The summed E-state index contributed by atoms with van der Waals surface area (Å²) in [7, 11) is 0. The maximum Gasteiger partial charge on any atom is 0.226 e. The summed E-state index contributed by atoms with van der Waals surface area (Å²) < 4.78 is 0. The topological polar surface area (TPSA) is 47.5 Å². The highest BCUT2D eigenvalue weighted by Gasteiger charge is 2.28. The van der Waals surface area contributed by atoms with Crippen molar-refractivity contribution in [1.29, 1.82) is 0 Å². The average molecular weight is 223 g/mol. The Morgan fingerprint density at radius 3 is 2.94 bits per heavy atom. The van der Waals surface area contributed by atoms with Gasteiger partial charge in [0.1, 0.15) is 0 Å². The molecule has 2 rings (SSSR count). The SMILES string of the molecule is NC(=O)[C@H]1CCC[NH+](C[C@H]2CC=CCC2)C1.